The van der Waals surface area contributed by atoms with Crippen molar-refractivity contribution in [3.63, 3.8) is 0 Å². The summed E-state index contributed by atoms with van der Waals surface area (Å²) in [7, 11) is 0. The fourth-order valence-corrected chi connectivity index (χ4v) is 2.95. The molecule has 2 rings (SSSR count). The molecule has 0 fully saturated rings. The van der Waals surface area contributed by atoms with E-state index >= 15 is 0 Å². The predicted octanol–water partition coefficient (Wildman–Crippen LogP) is 4.06. The van der Waals surface area contributed by atoms with Gasteiger partial charge in [-0.05, 0) is 31.2 Å². The largest absolute Gasteiger partial charge is 0.308 e. The summed E-state index contributed by atoms with van der Waals surface area (Å²) in [6, 6.07) is 4.81. The van der Waals surface area contributed by atoms with Crippen LogP contribution in [0.15, 0.2) is 18.2 Å². The van der Waals surface area contributed by atoms with Crippen LogP contribution in [-0.4, -0.2) is 16.7 Å². The van der Waals surface area contributed by atoms with Gasteiger partial charge in [0.2, 0.25) is 0 Å². The van der Waals surface area contributed by atoms with Crippen LogP contribution < -0.4 is 5.32 Å². The van der Waals surface area contributed by atoms with E-state index in [9.17, 15) is 4.39 Å². The van der Waals surface area contributed by atoms with E-state index < -0.39 is 5.82 Å². The molecule has 6 heteroatoms. The molecule has 0 aliphatic carbocycles. The number of aromatic nitrogens is 2. The average molecular weight is 300 g/mol. The van der Waals surface area contributed by atoms with E-state index in [2.05, 4.69) is 29.4 Å². The van der Waals surface area contributed by atoms with Gasteiger partial charge >= 0.3 is 0 Å². The van der Waals surface area contributed by atoms with Gasteiger partial charge in [0.15, 0.2) is 0 Å². The molecule has 0 saturated carbocycles. The minimum absolute atomic E-state index is 0.105. The number of benzene rings is 1. The highest BCUT2D eigenvalue weighted by Crippen LogP contribution is 2.30. The highest BCUT2D eigenvalue weighted by atomic mass is 35.5. The van der Waals surface area contributed by atoms with Crippen molar-refractivity contribution in [3.8, 4) is 10.6 Å². The SMILES string of the molecule is CCNC(CC)c1nnc(-c2ccc(F)c(Cl)c2)s1. The third-order valence-corrected chi connectivity index (χ3v) is 4.14. The molecule has 1 aromatic carbocycles. The standard InChI is InChI=1S/C13H15ClFN3S/c1-3-11(16-4-2)13-18-17-12(19-13)8-5-6-10(15)9(14)7-8/h5-7,11,16H,3-4H2,1-2H3. The number of hydrogen-bond donors (Lipinski definition) is 1. The second kappa shape index (κ2) is 6.41. The quantitative estimate of drug-likeness (QED) is 0.905. The summed E-state index contributed by atoms with van der Waals surface area (Å²) in [4.78, 5) is 0. The fraction of sp³-hybridized carbons (Fsp3) is 0.385. The van der Waals surface area contributed by atoms with Crippen molar-refractivity contribution in [3.05, 3.63) is 34.0 Å². The van der Waals surface area contributed by atoms with Crippen LogP contribution in [0.5, 0.6) is 0 Å². The summed E-state index contributed by atoms with van der Waals surface area (Å²) in [5, 5.41) is 13.5. The maximum Gasteiger partial charge on any atom is 0.147 e. The topological polar surface area (TPSA) is 37.8 Å². The molecule has 102 valence electrons. The van der Waals surface area contributed by atoms with Crippen LogP contribution in [0.4, 0.5) is 4.39 Å². The van der Waals surface area contributed by atoms with E-state index in [1.165, 1.54) is 17.4 Å². The molecule has 1 aromatic heterocycles. The second-order valence-electron chi connectivity index (χ2n) is 4.09. The molecule has 1 atom stereocenters. The minimum Gasteiger partial charge on any atom is -0.308 e. The Balaban J connectivity index is 2.27. The first-order valence-electron chi connectivity index (χ1n) is 6.17. The fourth-order valence-electron chi connectivity index (χ4n) is 1.77. The Bertz CT molecular complexity index is 559. The van der Waals surface area contributed by atoms with Crippen molar-refractivity contribution in [1.29, 1.82) is 0 Å². The van der Waals surface area contributed by atoms with Gasteiger partial charge in [-0.3, -0.25) is 0 Å². The van der Waals surface area contributed by atoms with Crippen LogP contribution in [0.1, 0.15) is 31.3 Å². The Hall–Kier alpha value is -1.04. The zero-order valence-corrected chi connectivity index (χ0v) is 12.4. The Morgan fingerprint density at radius 1 is 1.37 bits per heavy atom. The lowest BCUT2D eigenvalue weighted by molar-refractivity contribution is 0.531. The molecule has 19 heavy (non-hydrogen) atoms. The van der Waals surface area contributed by atoms with Crippen molar-refractivity contribution in [2.45, 2.75) is 26.3 Å². The maximum atomic E-state index is 13.1. The minimum atomic E-state index is -0.422. The van der Waals surface area contributed by atoms with E-state index in [1.54, 1.807) is 12.1 Å². The highest BCUT2D eigenvalue weighted by molar-refractivity contribution is 7.14. The number of hydrogen-bond acceptors (Lipinski definition) is 4. The van der Waals surface area contributed by atoms with E-state index in [1.807, 2.05) is 0 Å². The summed E-state index contributed by atoms with van der Waals surface area (Å²) in [5.74, 6) is -0.422. The number of halogens is 2. The molecule has 0 aliphatic heterocycles. The van der Waals surface area contributed by atoms with Gasteiger partial charge in [0.25, 0.3) is 0 Å². The lowest BCUT2D eigenvalue weighted by Gasteiger charge is -2.10. The van der Waals surface area contributed by atoms with Crippen LogP contribution in [-0.2, 0) is 0 Å². The van der Waals surface area contributed by atoms with Gasteiger partial charge in [-0.25, -0.2) is 4.39 Å². The van der Waals surface area contributed by atoms with Gasteiger partial charge in [-0.1, -0.05) is 36.8 Å². The van der Waals surface area contributed by atoms with E-state index in [0.29, 0.717) is 0 Å². The molecule has 1 N–H and O–H groups in total. The molecule has 0 aliphatic rings. The van der Waals surface area contributed by atoms with Gasteiger partial charge in [0.1, 0.15) is 15.8 Å². The average Bonchev–Trinajstić information content (AvgIpc) is 2.88. The lowest BCUT2D eigenvalue weighted by atomic mass is 10.2. The summed E-state index contributed by atoms with van der Waals surface area (Å²) >= 11 is 7.29. The number of rotatable bonds is 5. The van der Waals surface area contributed by atoms with Gasteiger partial charge in [-0.2, -0.15) is 0 Å². The molecule has 3 nitrogen and oxygen atoms in total. The smallest absolute Gasteiger partial charge is 0.147 e. The molecule has 1 unspecified atom stereocenters. The van der Waals surface area contributed by atoms with Gasteiger partial charge in [-0.15, -0.1) is 10.2 Å². The van der Waals surface area contributed by atoms with Crippen molar-refractivity contribution in [2.75, 3.05) is 6.54 Å². The van der Waals surface area contributed by atoms with Crippen molar-refractivity contribution in [2.24, 2.45) is 0 Å². The summed E-state index contributed by atoms with van der Waals surface area (Å²) < 4.78 is 13.1. The summed E-state index contributed by atoms with van der Waals surface area (Å²) in [6.45, 7) is 5.04. The van der Waals surface area contributed by atoms with Crippen LogP contribution in [0.3, 0.4) is 0 Å². The van der Waals surface area contributed by atoms with Gasteiger partial charge < -0.3 is 5.32 Å². The van der Waals surface area contributed by atoms with Gasteiger partial charge in [0, 0.05) is 5.56 Å². The molecule has 1 heterocycles. The number of nitrogens with zero attached hydrogens (tertiary/aromatic N) is 2. The third-order valence-electron chi connectivity index (χ3n) is 2.76. The van der Waals surface area contributed by atoms with Crippen molar-refractivity contribution in [1.82, 2.24) is 15.5 Å². The van der Waals surface area contributed by atoms with Crippen LogP contribution >= 0.6 is 22.9 Å². The molecule has 2 aromatic rings. The summed E-state index contributed by atoms with van der Waals surface area (Å²) in [6.07, 6.45) is 0.951. The van der Waals surface area contributed by atoms with Crippen molar-refractivity contribution < 1.29 is 4.39 Å². The lowest BCUT2D eigenvalue weighted by Crippen LogP contribution is -2.19. The third kappa shape index (κ3) is 3.29. The molecule has 0 saturated heterocycles. The monoisotopic (exact) mass is 299 g/mol. The Morgan fingerprint density at radius 3 is 2.79 bits per heavy atom. The van der Waals surface area contributed by atoms with Crippen LogP contribution in [0, 0.1) is 5.82 Å². The van der Waals surface area contributed by atoms with E-state index in [0.717, 1.165) is 28.5 Å². The Kier molecular flexibility index (Phi) is 4.85. The van der Waals surface area contributed by atoms with Crippen LogP contribution in [0.25, 0.3) is 10.6 Å². The van der Waals surface area contributed by atoms with E-state index in [-0.39, 0.29) is 11.1 Å². The molecule has 0 spiro atoms. The molecule has 0 radical (unpaired) electrons. The summed E-state index contributed by atoms with van der Waals surface area (Å²) in [5.41, 5.74) is 0.793. The van der Waals surface area contributed by atoms with Crippen LogP contribution in [0.2, 0.25) is 5.02 Å². The van der Waals surface area contributed by atoms with E-state index in [4.69, 9.17) is 11.6 Å². The zero-order chi connectivity index (χ0) is 13.8. The normalized spacial score (nSPS) is 12.6. The molecule has 0 bridgehead atoms. The first-order valence-corrected chi connectivity index (χ1v) is 7.37. The van der Waals surface area contributed by atoms with Crippen molar-refractivity contribution >= 4 is 22.9 Å². The highest BCUT2D eigenvalue weighted by Gasteiger charge is 2.15. The molecular formula is C13H15ClFN3S. The Morgan fingerprint density at radius 2 is 2.16 bits per heavy atom. The molecule has 0 amide bonds. The maximum absolute atomic E-state index is 13.1. The number of nitrogens with one attached hydrogen (secondary N) is 1. The molecular weight excluding hydrogens is 285 g/mol. The first kappa shape index (κ1) is 14.4. The second-order valence-corrected chi connectivity index (χ2v) is 5.51. The predicted molar refractivity (Wildman–Crippen MR) is 77.0 cm³/mol. The zero-order valence-electron chi connectivity index (χ0n) is 10.8. The first-order chi connectivity index (χ1) is 9.15. The van der Waals surface area contributed by atoms with Gasteiger partial charge in [0.05, 0.1) is 11.1 Å². The Labute approximate surface area is 120 Å².